The zero-order valence-corrected chi connectivity index (χ0v) is 9.33. The van der Waals surface area contributed by atoms with E-state index >= 15 is 0 Å². The molecule has 0 saturated heterocycles. The fourth-order valence-corrected chi connectivity index (χ4v) is 1.79. The minimum Gasteiger partial charge on any atom is -0.393 e. The molecule has 78 valence electrons. The van der Waals surface area contributed by atoms with Gasteiger partial charge in [0.15, 0.2) is 0 Å². The number of aryl methyl sites for hydroxylation is 1. The zero-order valence-electron chi connectivity index (χ0n) is 9.33. The van der Waals surface area contributed by atoms with Gasteiger partial charge in [0.25, 0.3) is 0 Å². The Hall–Kier alpha value is -0.820. The lowest BCUT2D eigenvalue weighted by Crippen LogP contribution is -2.09. The van der Waals surface area contributed by atoms with Crippen LogP contribution in [0.4, 0.5) is 0 Å². The van der Waals surface area contributed by atoms with Crippen LogP contribution in [-0.4, -0.2) is 11.2 Å². The Balaban J connectivity index is 2.47. The van der Waals surface area contributed by atoms with Crippen molar-refractivity contribution >= 4 is 0 Å². The van der Waals surface area contributed by atoms with Crippen LogP contribution in [0.25, 0.3) is 0 Å². The fourth-order valence-electron chi connectivity index (χ4n) is 1.79. The predicted molar refractivity (Wildman–Crippen MR) is 60.3 cm³/mol. The van der Waals surface area contributed by atoms with Gasteiger partial charge in [-0.2, -0.15) is 0 Å². The molecule has 0 saturated carbocycles. The first-order valence-electron chi connectivity index (χ1n) is 5.31. The Bertz CT molecular complexity index is 261. The van der Waals surface area contributed by atoms with Gasteiger partial charge in [-0.05, 0) is 38.2 Å². The van der Waals surface area contributed by atoms with Gasteiger partial charge in [0.05, 0.1) is 6.10 Å². The lowest BCUT2D eigenvalue weighted by molar-refractivity contribution is 0.164. The molecular weight excluding hydrogens is 172 g/mol. The maximum atomic E-state index is 9.24. The van der Waals surface area contributed by atoms with E-state index in [9.17, 15) is 5.11 Å². The highest BCUT2D eigenvalue weighted by Crippen LogP contribution is 2.14. The van der Waals surface area contributed by atoms with E-state index in [1.165, 1.54) is 11.1 Å². The SMILES string of the molecule is Cc1ccc(CC(C)CC(C)O)cc1. The zero-order chi connectivity index (χ0) is 10.6. The summed E-state index contributed by atoms with van der Waals surface area (Å²) in [6.07, 6.45) is 1.76. The third-order valence-corrected chi connectivity index (χ3v) is 2.45. The van der Waals surface area contributed by atoms with Gasteiger partial charge < -0.3 is 5.11 Å². The molecule has 0 spiro atoms. The average Bonchev–Trinajstić information content (AvgIpc) is 2.07. The van der Waals surface area contributed by atoms with Crippen molar-refractivity contribution in [2.45, 2.75) is 39.7 Å². The Morgan fingerprint density at radius 3 is 2.21 bits per heavy atom. The van der Waals surface area contributed by atoms with Crippen LogP contribution in [0.15, 0.2) is 24.3 Å². The maximum Gasteiger partial charge on any atom is 0.0514 e. The van der Waals surface area contributed by atoms with Gasteiger partial charge >= 0.3 is 0 Å². The lowest BCUT2D eigenvalue weighted by atomic mass is 9.95. The van der Waals surface area contributed by atoms with Crippen LogP contribution in [0.1, 0.15) is 31.4 Å². The molecule has 1 nitrogen and oxygen atoms in total. The Kier molecular flexibility index (Phi) is 4.15. The number of rotatable bonds is 4. The number of hydrogen-bond donors (Lipinski definition) is 1. The summed E-state index contributed by atoms with van der Waals surface area (Å²) >= 11 is 0. The highest BCUT2D eigenvalue weighted by molar-refractivity contribution is 5.21. The first-order valence-corrected chi connectivity index (χ1v) is 5.31. The van der Waals surface area contributed by atoms with Crippen LogP contribution in [-0.2, 0) is 6.42 Å². The molecule has 0 bridgehead atoms. The minimum absolute atomic E-state index is 0.185. The highest BCUT2D eigenvalue weighted by atomic mass is 16.3. The van der Waals surface area contributed by atoms with Gasteiger partial charge in [-0.25, -0.2) is 0 Å². The molecule has 1 aromatic carbocycles. The molecular formula is C13H20O. The second-order valence-electron chi connectivity index (χ2n) is 4.38. The average molecular weight is 192 g/mol. The number of aliphatic hydroxyl groups is 1. The lowest BCUT2D eigenvalue weighted by Gasteiger charge is -2.13. The summed E-state index contributed by atoms with van der Waals surface area (Å²) in [5.74, 6) is 0.553. The fraction of sp³-hybridized carbons (Fsp3) is 0.538. The molecule has 1 rings (SSSR count). The first-order chi connectivity index (χ1) is 6.58. The molecule has 1 N–H and O–H groups in total. The van der Waals surface area contributed by atoms with Gasteiger partial charge in [-0.15, -0.1) is 0 Å². The van der Waals surface area contributed by atoms with Crippen LogP contribution in [0.5, 0.6) is 0 Å². The molecule has 14 heavy (non-hydrogen) atoms. The monoisotopic (exact) mass is 192 g/mol. The van der Waals surface area contributed by atoms with Crippen molar-refractivity contribution in [3.05, 3.63) is 35.4 Å². The molecule has 0 aliphatic carbocycles. The standard InChI is InChI=1S/C13H20O/c1-10-4-6-13(7-5-10)9-11(2)8-12(3)14/h4-7,11-12,14H,8-9H2,1-3H3. The summed E-state index contributed by atoms with van der Waals surface area (Å²) in [6, 6.07) is 8.64. The van der Waals surface area contributed by atoms with Crippen molar-refractivity contribution in [2.75, 3.05) is 0 Å². The van der Waals surface area contributed by atoms with Crippen molar-refractivity contribution < 1.29 is 5.11 Å². The third-order valence-electron chi connectivity index (χ3n) is 2.45. The number of aliphatic hydroxyl groups excluding tert-OH is 1. The Labute approximate surface area is 86.8 Å². The quantitative estimate of drug-likeness (QED) is 0.777. The van der Waals surface area contributed by atoms with Gasteiger partial charge in [0.1, 0.15) is 0 Å². The van der Waals surface area contributed by atoms with Gasteiger partial charge in [-0.3, -0.25) is 0 Å². The Morgan fingerprint density at radius 1 is 1.14 bits per heavy atom. The van der Waals surface area contributed by atoms with E-state index in [2.05, 4.69) is 38.1 Å². The molecule has 0 aromatic heterocycles. The first kappa shape index (κ1) is 11.3. The van der Waals surface area contributed by atoms with E-state index in [1.807, 2.05) is 6.92 Å². The van der Waals surface area contributed by atoms with Crippen LogP contribution in [0.3, 0.4) is 0 Å². The van der Waals surface area contributed by atoms with E-state index in [4.69, 9.17) is 0 Å². The normalized spacial score (nSPS) is 15.1. The van der Waals surface area contributed by atoms with E-state index < -0.39 is 0 Å². The summed E-state index contributed by atoms with van der Waals surface area (Å²) in [7, 11) is 0. The molecule has 0 aliphatic rings. The highest BCUT2D eigenvalue weighted by Gasteiger charge is 2.06. The molecule has 0 fully saturated rings. The molecule has 0 radical (unpaired) electrons. The second kappa shape index (κ2) is 5.16. The van der Waals surface area contributed by atoms with Crippen molar-refractivity contribution in [3.63, 3.8) is 0 Å². The van der Waals surface area contributed by atoms with Crippen LogP contribution in [0.2, 0.25) is 0 Å². The van der Waals surface area contributed by atoms with Crippen molar-refractivity contribution in [1.29, 1.82) is 0 Å². The van der Waals surface area contributed by atoms with Crippen LogP contribution >= 0.6 is 0 Å². The predicted octanol–water partition coefficient (Wildman–Crippen LogP) is 2.94. The van der Waals surface area contributed by atoms with Crippen LogP contribution in [0, 0.1) is 12.8 Å². The van der Waals surface area contributed by atoms with Crippen LogP contribution < -0.4 is 0 Å². The molecule has 2 unspecified atom stereocenters. The second-order valence-corrected chi connectivity index (χ2v) is 4.38. The smallest absolute Gasteiger partial charge is 0.0514 e. The van der Waals surface area contributed by atoms with Gasteiger partial charge in [-0.1, -0.05) is 36.8 Å². The number of hydrogen-bond acceptors (Lipinski definition) is 1. The van der Waals surface area contributed by atoms with Crippen molar-refractivity contribution in [1.82, 2.24) is 0 Å². The largest absolute Gasteiger partial charge is 0.393 e. The molecule has 2 atom stereocenters. The summed E-state index contributed by atoms with van der Waals surface area (Å²) in [5, 5.41) is 9.24. The minimum atomic E-state index is -0.185. The summed E-state index contributed by atoms with van der Waals surface area (Å²) < 4.78 is 0. The molecule has 0 amide bonds. The molecule has 1 heteroatoms. The molecule has 0 aliphatic heterocycles. The summed E-state index contributed by atoms with van der Waals surface area (Å²) in [5.41, 5.74) is 2.67. The third kappa shape index (κ3) is 3.93. The Morgan fingerprint density at radius 2 is 1.71 bits per heavy atom. The van der Waals surface area contributed by atoms with Crippen molar-refractivity contribution in [2.24, 2.45) is 5.92 Å². The van der Waals surface area contributed by atoms with Gasteiger partial charge in [0, 0.05) is 0 Å². The van der Waals surface area contributed by atoms with Crippen molar-refractivity contribution in [3.8, 4) is 0 Å². The molecule has 0 heterocycles. The van der Waals surface area contributed by atoms with E-state index in [0.717, 1.165) is 12.8 Å². The molecule has 1 aromatic rings. The van der Waals surface area contributed by atoms with Gasteiger partial charge in [0.2, 0.25) is 0 Å². The van der Waals surface area contributed by atoms with E-state index in [1.54, 1.807) is 0 Å². The summed E-state index contributed by atoms with van der Waals surface area (Å²) in [4.78, 5) is 0. The topological polar surface area (TPSA) is 20.2 Å². The summed E-state index contributed by atoms with van der Waals surface area (Å²) in [6.45, 7) is 6.14. The van der Waals surface area contributed by atoms with E-state index in [0.29, 0.717) is 5.92 Å². The van der Waals surface area contributed by atoms with E-state index in [-0.39, 0.29) is 6.10 Å². The number of benzene rings is 1. The maximum absolute atomic E-state index is 9.24.